The molecule has 0 unspecified atom stereocenters. The van der Waals surface area contributed by atoms with Crippen LogP contribution in [0.4, 0.5) is 0 Å². The van der Waals surface area contributed by atoms with Crippen LogP contribution in [0.5, 0.6) is 0 Å². The molecule has 4 saturated heterocycles. The number of carbonyl (C=O) groups excluding carboxylic acids is 6. The van der Waals surface area contributed by atoms with E-state index in [1.54, 1.807) is 33.3 Å². The van der Waals surface area contributed by atoms with Crippen LogP contribution in [0.1, 0.15) is 83.1 Å². The van der Waals surface area contributed by atoms with Gasteiger partial charge in [0.1, 0.15) is 23.9 Å². The van der Waals surface area contributed by atoms with Gasteiger partial charge >= 0.3 is 11.9 Å². The Labute approximate surface area is 303 Å². The number of nitrogens with zero attached hydrogens (tertiary/aromatic N) is 2. The van der Waals surface area contributed by atoms with Gasteiger partial charge in [-0.15, -0.1) is 23.5 Å². The van der Waals surface area contributed by atoms with Gasteiger partial charge in [-0.25, -0.2) is 9.59 Å². The van der Waals surface area contributed by atoms with Crippen LogP contribution in [-0.4, -0.2) is 99.8 Å². The van der Waals surface area contributed by atoms with E-state index in [-0.39, 0.29) is 46.6 Å². The average Bonchev–Trinajstić information content (AvgIpc) is 3.39. The van der Waals surface area contributed by atoms with E-state index in [9.17, 15) is 28.8 Å². The quantitative estimate of drug-likeness (QED) is 0.309. The van der Waals surface area contributed by atoms with Crippen molar-refractivity contribution in [2.75, 3.05) is 25.7 Å². The number of hydrogen-bond donors (Lipinski definition) is 1. The van der Waals surface area contributed by atoms with Crippen molar-refractivity contribution in [2.24, 2.45) is 17.8 Å². The second-order valence-corrected chi connectivity index (χ2v) is 16.5. The fraction of sp³-hybridized carbons (Fsp3) is 0.676. The fourth-order valence-corrected chi connectivity index (χ4v) is 10.6. The molecule has 0 spiro atoms. The van der Waals surface area contributed by atoms with Gasteiger partial charge in [-0.05, 0) is 87.7 Å². The third kappa shape index (κ3) is 9.05. The molecule has 13 heteroatoms. The lowest BCUT2D eigenvalue weighted by atomic mass is 9.85. The highest BCUT2D eigenvalue weighted by Crippen LogP contribution is 2.38. The maximum atomic E-state index is 14.0. The molecule has 11 nitrogen and oxygen atoms in total. The Hall–Kier alpha value is -3.06. The SMILES string of the molecule is COC(=O)[C@@H]1CCC[C@@H]2SCC[C@H](CC(=O)[C@@H](C)CC[C@H](Cc3ccccc3)C(=O)N[C@H]3CCS[C@H]4CCC[C@@H](C(=O)OC)N4C3=O)C(=O)N21. The summed E-state index contributed by atoms with van der Waals surface area (Å²) in [6.07, 6.45) is 6.85. The van der Waals surface area contributed by atoms with E-state index >= 15 is 0 Å². The molecule has 3 amide bonds. The van der Waals surface area contributed by atoms with Gasteiger partial charge in [-0.1, -0.05) is 37.3 Å². The van der Waals surface area contributed by atoms with Crippen molar-refractivity contribution in [1.29, 1.82) is 0 Å². The standard InChI is InChI=1S/C37H51N3O8S2/c1-23(30(41)22-26-17-19-49-31-13-7-11-28(36(45)47-2)39(31)34(26)43)15-16-25(21-24-9-5-4-6-10-24)33(42)38-27-18-20-50-32-14-8-12-29(37(46)48-3)40(32)35(27)44/h4-6,9-10,23,25-29,31-32H,7-8,11-22H2,1-3H3,(H,38,42)/t23-,25+,26+,27-,28-,29-,31-,32-/m0/s1. The number of carbonyl (C=O) groups is 6. The highest BCUT2D eigenvalue weighted by molar-refractivity contribution is 8.00. The van der Waals surface area contributed by atoms with E-state index in [2.05, 4.69) is 5.32 Å². The number of piperidine rings is 2. The van der Waals surface area contributed by atoms with E-state index in [0.717, 1.165) is 37.0 Å². The largest absolute Gasteiger partial charge is 0.467 e. The van der Waals surface area contributed by atoms with Crippen LogP contribution >= 0.6 is 23.5 Å². The lowest BCUT2D eigenvalue weighted by Crippen LogP contribution is -2.57. The molecule has 0 saturated carbocycles. The molecule has 50 heavy (non-hydrogen) atoms. The molecular weight excluding hydrogens is 679 g/mol. The summed E-state index contributed by atoms with van der Waals surface area (Å²) in [6.45, 7) is 1.85. The minimum atomic E-state index is -0.755. The monoisotopic (exact) mass is 729 g/mol. The van der Waals surface area contributed by atoms with Crippen LogP contribution in [0.15, 0.2) is 30.3 Å². The second-order valence-electron chi connectivity index (χ2n) is 14.0. The average molecular weight is 730 g/mol. The van der Waals surface area contributed by atoms with Crippen molar-refractivity contribution in [2.45, 2.75) is 113 Å². The predicted molar refractivity (Wildman–Crippen MR) is 192 cm³/mol. The van der Waals surface area contributed by atoms with Crippen LogP contribution < -0.4 is 5.32 Å². The summed E-state index contributed by atoms with van der Waals surface area (Å²) in [4.78, 5) is 83.7. The van der Waals surface area contributed by atoms with Gasteiger partial charge in [0.15, 0.2) is 0 Å². The highest BCUT2D eigenvalue weighted by atomic mass is 32.2. The number of Topliss-reactive ketones (excluding diaryl/α,β-unsaturated/α-hetero) is 1. The summed E-state index contributed by atoms with van der Waals surface area (Å²) in [6, 6.07) is 7.66. The molecule has 0 aromatic heterocycles. The van der Waals surface area contributed by atoms with E-state index in [1.165, 1.54) is 14.2 Å². The summed E-state index contributed by atoms with van der Waals surface area (Å²) in [5.41, 5.74) is 0.981. The number of amides is 3. The molecule has 4 heterocycles. The Morgan fingerprint density at radius 2 is 1.38 bits per heavy atom. The van der Waals surface area contributed by atoms with Crippen LogP contribution in [0, 0.1) is 17.8 Å². The summed E-state index contributed by atoms with van der Waals surface area (Å²) < 4.78 is 10.0. The molecule has 0 bridgehead atoms. The summed E-state index contributed by atoms with van der Waals surface area (Å²) in [7, 11) is 2.67. The van der Waals surface area contributed by atoms with Crippen molar-refractivity contribution in [3.63, 3.8) is 0 Å². The van der Waals surface area contributed by atoms with Crippen molar-refractivity contribution in [3.8, 4) is 0 Å². The normalized spacial score (nSPS) is 28.2. The predicted octanol–water partition coefficient (Wildman–Crippen LogP) is 4.36. The topological polar surface area (TPSA) is 139 Å². The Morgan fingerprint density at radius 1 is 0.800 bits per heavy atom. The first-order valence-corrected chi connectivity index (χ1v) is 20.1. The number of fused-ring (bicyclic) bond motifs is 2. The fourth-order valence-electron chi connectivity index (χ4n) is 7.78. The summed E-state index contributed by atoms with van der Waals surface area (Å²) >= 11 is 3.32. The summed E-state index contributed by atoms with van der Waals surface area (Å²) in [5.74, 6) is -1.46. The van der Waals surface area contributed by atoms with Gasteiger partial charge in [-0.2, -0.15) is 0 Å². The second kappa shape index (κ2) is 17.9. The molecule has 274 valence electrons. The van der Waals surface area contributed by atoms with Crippen LogP contribution in [0.3, 0.4) is 0 Å². The third-order valence-corrected chi connectivity index (χ3v) is 13.3. The molecule has 0 aliphatic carbocycles. The molecule has 1 aromatic carbocycles. The molecule has 1 N–H and O–H groups in total. The van der Waals surface area contributed by atoms with Crippen molar-refractivity contribution < 1.29 is 38.2 Å². The molecule has 4 fully saturated rings. The van der Waals surface area contributed by atoms with Crippen molar-refractivity contribution >= 4 is 59.0 Å². The van der Waals surface area contributed by atoms with Crippen molar-refractivity contribution in [1.82, 2.24) is 15.1 Å². The molecule has 1 aromatic rings. The maximum absolute atomic E-state index is 14.0. The molecule has 4 aliphatic heterocycles. The Kier molecular flexibility index (Phi) is 13.7. The number of esters is 2. The van der Waals surface area contributed by atoms with Gasteiger partial charge < -0.3 is 24.6 Å². The van der Waals surface area contributed by atoms with Gasteiger partial charge in [-0.3, -0.25) is 19.2 Å². The third-order valence-electron chi connectivity index (χ3n) is 10.7. The van der Waals surface area contributed by atoms with E-state index < -0.39 is 41.9 Å². The van der Waals surface area contributed by atoms with Crippen LogP contribution in [0.2, 0.25) is 0 Å². The number of thioether (sulfide) groups is 2. The molecule has 5 rings (SSSR count). The van der Waals surface area contributed by atoms with Crippen molar-refractivity contribution in [3.05, 3.63) is 35.9 Å². The Morgan fingerprint density at radius 3 is 1.98 bits per heavy atom. The first-order valence-electron chi connectivity index (χ1n) is 18.0. The lowest BCUT2D eigenvalue weighted by Gasteiger charge is -2.40. The van der Waals surface area contributed by atoms with Crippen LogP contribution in [-0.2, 0) is 44.7 Å². The minimum absolute atomic E-state index is 0.0294. The lowest BCUT2D eigenvalue weighted by molar-refractivity contribution is -0.157. The zero-order valence-corrected chi connectivity index (χ0v) is 31.0. The van der Waals surface area contributed by atoms with Gasteiger partial charge in [0.05, 0.1) is 25.0 Å². The zero-order valence-electron chi connectivity index (χ0n) is 29.4. The first-order chi connectivity index (χ1) is 24.1. The number of ketones is 1. The van der Waals surface area contributed by atoms with Crippen LogP contribution in [0.25, 0.3) is 0 Å². The highest BCUT2D eigenvalue weighted by Gasteiger charge is 2.45. The molecule has 0 radical (unpaired) electrons. The minimum Gasteiger partial charge on any atom is -0.467 e. The zero-order chi connectivity index (χ0) is 35.8. The molecule has 8 atom stereocenters. The van der Waals surface area contributed by atoms with Gasteiger partial charge in [0.25, 0.3) is 0 Å². The number of nitrogens with one attached hydrogen (secondary N) is 1. The van der Waals surface area contributed by atoms with Gasteiger partial charge in [0.2, 0.25) is 17.7 Å². The number of ether oxygens (including phenoxy) is 2. The number of benzene rings is 1. The Bertz CT molecular complexity index is 1400. The number of hydrogen-bond acceptors (Lipinski definition) is 10. The number of rotatable bonds is 12. The molecule has 4 aliphatic rings. The Balaban J connectivity index is 1.24. The first kappa shape index (κ1) is 38.2. The molecular formula is C37H51N3O8S2. The maximum Gasteiger partial charge on any atom is 0.328 e. The van der Waals surface area contributed by atoms with E-state index in [0.29, 0.717) is 50.7 Å². The van der Waals surface area contributed by atoms with Gasteiger partial charge in [0, 0.05) is 24.2 Å². The van der Waals surface area contributed by atoms with E-state index in [1.807, 2.05) is 37.3 Å². The summed E-state index contributed by atoms with van der Waals surface area (Å²) in [5, 5.41) is 2.84. The van der Waals surface area contributed by atoms with E-state index in [4.69, 9.17) is 9.47 Å². The smallest absolute Gasteiger partial charge is 0.328 e. The number of methoxy groups -OCH3 is 2.